The van der Waals surface area contributed by atoms with Crippen molar-refractivity contribution in [1.29, 1.82) is 0 Å². The van der Waals surface area contributed by atoms with Crippen LogP contribution >= 0.6 is 11.8 Å². The number of benzene rings is 1. The van der Waals surface area contributed by atoms with Crippen LogP contribution in [0.15, 0.2) is 24.3 Å². The molecule has 2 saturated heterocycles. The molecule has 0 N–H and O–H groups in total. The summed E-state index contributed by atoms with van der Waals surface area (Å²) in [5, 5.41) is 0.0982. The second-order valence-corrected chi connectivity index (χ2v) is 9.85. The van der Waals surface area contributed by atoms with E-state index in [-0.39, 0.29) is 29.2 Å². The maximum atomic E-state index is 12.5. The summed E-state index contributed by atoms with van der Waals surface area (Å²) in [5.41, 5.74) is 2.63. The third-order valence-electron chi connectivity index (χ3n) is 5.68. The lowest BCUT2D eigenvalue weighted by Gasteiger charge is -2.36. The maximum Gasteiger partial charge on any atom is 0.248 e. The van der Waals surface area contributed by atoms with Crippen molar-refractivity contribution in [3.63, 3.8) is 0 Å². The first-order valence-corrected chi connectivity index (χ1v) is 11.3. The summed E-state index contributed by atoms with van der Waals surface area (Å²) < 4.78 is 4.94. The van der Waals surface area contributed by atoms with Gasteiger partial charge in [-0.1, -0.05) is 45.0 Å². The van der Waals surface area contributed by atoms with Crippen LogP contribution in [0.1, 0.15) is 37.3 Å². The highest BCUT2D eigenvalue weighted by atomic mass is 32.2. The summed E-state index contributed by atoms with van der Waals surface area (Å²) in [5.74, 6) is 0.816. The van der Waals surface area contributed by atoms with Gasteiger partial charge >= 0.3 is 0 Å². The third kappa shape index (κ3) is 5.53. The largest absolute Gasteiger partial charge is 0.375 e. The predicted octanol–water partition coefficient (Wildman–Crippen LogP) is 2.35. The van der Waals surface area contributed by atoms with E-state index in [4.69, 9.17) is 4.74 Å². The van der Waals surface area contributed by atoms with Crippen molar-refractivity contribution in [2.45, 2.75) is 31.6 Å². The van der Waals surface area contributed by atoms with Gasteiger partial charge in [0.05, 0.1) is 5.75 Å². The highest BCUT2D eigenvalue weighted by Crippen LogP contribution is 2.39. The number of amides is 2. The molecule has 0 aromatic heterocycles. The predicted molar refractivity (Wildman–Crippen MR) is 117 cm³/mol. The lowest BCUT2D eigenvalue weighted by atomic mass is 9.87. The van der Waals surface area contributed by atoms with E-state index in [1.54, 1.807) is 18.9 Å². The summed E-state index contributed by atoms with van der Waals surface area (Å²) >= 11 is 1.71. The minimum atomic E-state index is 0.0528. The van der Waals surface area contributed by atoms with E-state index in [0.717, 1.165) is 39.3 Å². The molecule has 7 heteroatoms. The molecule has 2 fully saturated rings. The number of thioether (sulfide) groups is 1. The van der Waals surface area contributed by atoms with Crippen molar-refractivity contribution < 1.29 is 14.3 Å². The van der Waals surface area contributed by atoms with Gasteiger partial charge in [-0.15, -0.1) is 11.8 Å². The van der Waals surface area contributed by atoms with E-state index < -0.39 is 0 Å². The fourth-order valence-corrected chi connectivity index (χ4v) is 5.02. The van der Waals surface area contributed by atoms with E-state index in [2.05, 4.69) is 49.9 Å². The molecular formula is C22H33N3O3S. The van der Waals surface area contributed by atoms with Crippen molar-refractivity contribution in [1.82, 2.24) is 14.7 Å². The number of ether oxygens (including phenoxy) is 1. The van der Waals surface area contributed by atoms with Gasteiger partial charge in [-0.25, -0.2) is 0 Å². The van der Waals surface area contributed by atoms with Crippen molar-refractivity contribution >= 4 is 23.6 Å². The van der Waals surface area contributed by atoms with Gasteiger partial charge in [-0.05, 0) is 16.5 Å². The van der Waals surface area contributed by atoms with Crippen LogP contribution in [0.2, 0.25) is 0 Å². The normalized spacial score (nSPS) is 21.1. The Morgan fingerprint density at radius 1 is 1.10 bits per heavy atom. The van der Waals surface area contributed by atoms with Gasteiger partial charge in [0.15, 0.2) is 0 Å². The Bertz CT molecular complexity index is 709. The van der Waals surface area contributed by atoms with E-state index in [1.165, 1.54) is 11.1 Å². The number of hydrogen-bond donors (Lipinski definition) is 0. The molecule has 2 heterocycles. The van der Waals surface area contributed by atoms with Crippen LogP contribution < -0.4 is 0 Å². The van der Waals surface area contributed by atoms with Gasteiger partial charge in [-0.2, -0.15) is 0 Å². The Labute approximate surface area is 178 Å². The molecule has 3 rings (SSSR count). The zero-order valence-corrected chi connectivity index (χ0v) is 18.8. The van der Waals surface area contributed by atoms with Crippen LogP contribution in [0.5, 0.6) is 0 Å². The summed E-state index contributed by atoms with van der Waals surface area (Å²) in [6.45, 7) is 11.5. The average molecular weight is 420 g/mol. The van der Waals surface area contributed by atoms with Crippen LogP contribution in [0.25, 0.3) is 0 Å². The Morgan fingerprint density at radius 3 is 2.34 bits per heavy atom. The first-order chi connectivity index (χ1) is 13.8. The second-order valence-electron chi connectivity index (χ2n) is 8.78. The molecule has 0 radical (unpaired) electrons. The molecule has 2 aliphatic heterocycles. The molecule has 0 unspecified atom stereocenters. The molecule has 0 aliphatic carbocycles. The minimum absolute atomic E-state index is 0.0528. The number of nitrogens with zero attached hydrogens (tertiary/aromatic N) is 3. The van der Waals surface area contributed by atoms with Crippen LogP contribution in [0.4, 0.5) is 0 Å². The molecule has 0 saturated carbocycles. The van der Waals surface area contributed by atoms with Crippen LogP contribution in [-0.4, -0.2) is 85.3 Å². The van der Waals surface area contributed by atoms with Crippen molar-refractivity contribution in [2.24, 2.45) is 0 Å². The number of piperazine rings is 1. The quantitative estimate of drug-likeness (QED) is 0.709. The summed E-state index contributed by atoms with van der Waals surface area (Å²) in [4.78, 5) is 30.6. The second kappa shape index (κ2) is 9.49. The van der Waals surface area contributed by atoms with Gasteiger partial charge in [0, 0.05) is 46.4 Å². The monoisotopic (exact) mass is 419 g/mol. The average Bonchev–Trinajstić information content (AvgIpc) is 3.07. The molecule has 2 aliphatic rings. The molecule has 1 aromatic carbocycles. The number of methoxy groups -OCH3 is 1. The first kappa shape index (κ1) is 22.1. The highest BCUT2D eigenvalue weighted by Gasteiger charge is 2.33. The summed E-state index contributed by atoms with van der Waals surface area (Å²) in [7, 11) is 1.55. The highest BCUT2D eigenvalue weighted by molar-refractivity contribution is 8.00. The van der Waals surface area contributed by atoms with Gasteiger partial charge in [0.25, 0.3) is 0 Å². The van der Waals surface area contributed by atoms with Crippen molar-refractivity contribution in [2.75, 3.05) is 58.7 Å². The van der Waals surface area contributed by atoms with Crippen molar-refractivity contribution in [3.8, 4) is 0 Å². The number of hydrogen-bond acceptors (Lipinski definition) is 5. The van der Waals surface area contributed by atoms with E-state index >= 15 is 0 Å². The van der Waals surface area contributed by atoms with Crippen LogP contribution in [0, 0.1) is 0 Å². The first-order valence-electron chi connectivity index (χ1n) is 10.3. The van der Waals surface area contributed by atoms with Gasteiger partial charge in [-0.3, -0.25) is 14.5 Å². The van der Waals surface area contributed by atoms with E-state index in [1.807, 2.05) is 9.80 Å². The standard InChI is InChI=1S/C22H33N3O3S/c1-22(2,3)18-7-5-17(6-8-18)21-25(20(27)16-29-21)14-11-23-9-12-24(13-10-23)19(26)15-28-4/h5-8,21H,9-16H2,1-4H3/t21-/m0/s1. The summed E-state index contributed by atoms with van der Waals surface area (Å²) in [6.07, 6.45) is 0. The number of carbonyl (C=O) groups is 2. The zero-order valence-electron chi connectivity index (χ0n) is 18.0. The van der Waals surface area contributed by atoms with E-state index in [0.29, 0.717) is 5.75 Å². The molecule has 2 amide bonds. The Morgan fingerprint density at radius 2 is 1.76 bits per heavy atom. The minimum Gasteiger partial charge on any atom is -0.375 e. The molecule has 0 spiro atoms. The van der Waals surface area contributed by atoms with E-state index in [9.17, 15) is 9.59 Å². The molecule has 1 atom stereocenters. The number of carbonyl (C=O) groups excluding carboxylic acids is 2. The van der Waals surface area contributed by atoms with Crippen LogP contribution in [0.3, 0.4) is 0 Å². The van der Waals surface area contributed by atoms with Crippen LogP contribution in [-0.2, 0) is 19.7 Å². The molecule has 6 nitrogen and oxygen atoms in total. The van der Waals surface area contributed by atoms with Crippen molar-refractivity contribution in [3.05, 3.63) is 35.4 Å². The SMILES string of the molecule is COCC(=O)N1CCN(CCN2C(=O)CS[C@H]2c2ccc(C(C)(C)C)cc2)CC1. The zero-order chi connectivity index (χ0) is 21.0. The number of rotatable bonds is 6. The molecule has 160 valence electrons. The third-order valence-corrected chi connectivity index (χ3v) is 6.94. The fraction of sp³-hybridized carbons (Fsp3) is 0.636. The molecule has 0 bridgehead atoms. The Kier molecular flexibility index (Phi) is 7.24. The topological polar surface area (TPSA) is 53.1 Å². The lowest BCUT2D eigenvalue weighted by Crippen LogP contribution is -2.51. The van der Waals surface area contributed by atoms with Gasteiger partial charge in [0.1, 0.15) is 12.0 Å². The fourth-order valence-electron chi connectivity index (χ4n) is 3.80. The smallest absolute Gasteiger partial charge is 0.248 e. The van der Waals surface area contributed by atoms with Gasteiger partial charge < -0.3 is 14.5 Å². The Hall–Kier alpha value is -1.57. The lowest BCUT2D eigenvalue weighted by molar-refractivity contribution is -0.136. The van der Waals surface area contributed by atoms with Gasteiger partial charge in [0.2, 0.25) is 11.8 Å². The maximum absolute atomic E-state index is 12.5. The Balaban J connectivity index is 1.54. The summed E-state index contributed by atoms with van der Waals surface area (Å²) in [6, 6.07) is 8.72. The molecule has 1 aromatic rings. The molecular weight excluding hydrogens is 386 g/mol. The molecule has 29 heavy (non-hydrogen) atoms.